The molecule has 1 unspecified atom stereocenters. The average molecular weight is 216 g/mol. The molecule has 1 heterocycles. The summed E-state index contributed by atoms with van der Waals surface area (Å²) in [7, 11) is 0. The highest BCUT2D eigenvalue weighted by Crippen LogP contribution is 2.19. The third-order valence-corrected chi connectivity index (χ3v) is 3.30. The second-order valence-corrected chi connectivity index (χ2v) is 4.52. The van der Waals surface area contributed by atoms with E-state index in [9.17, 15) is 0 Å². The summed E-state index contributed by atoms with van der Waals surface area (Å²) in [5, 5.41) is 0. The van der Waals surface area contributed by atoms with Gasteiger partial charge < -0.3 is 5.73 Å². The van der Waals surface area contributed by atoms with E-state index in [1.807, 2.05) is 0 Å². The number of rotatable bonds is 3. The molecule has 0 radical (unpaired) electrons. The van der Waals surface area contributed by atoms with Crippen molar-refractivity contribution < 1.29 is 0 Å². The van der Waals surface area contributed by atoms with Crippen LogP contribution in [0.2, 0.25) is 0 Å². The van der Waals surface area contributed by atoms with Crippen molar-refractivity contribution >= 4 is 5.84 Å². The molecular formula is C14H20N2. The Kier molecular flexibility index (Phi) is 3.97. The van der Waals surface area contributed by atoms with E-state index >= 15 is 0 Å². The first kappa shape index (κ1) is 11.2. The van der Waals surface area contributed by atoms with Gasteiger partial charge in [-0.05, 0) is 31.2 Å². The molecule has 2 heteroatoms. The molecule has 2 nitrogen and oxygen atoms in total. The van der Waals surface area contributed by atoms with Crippen LogP contribution in [0.3, 0.4) is 0 Å². The maximum absolute atomic E-state index is 5.99. The van der Waals surface area contributed by atoms with Crippen LogP contribution in [0.4, 0.5) is 0 Å². The Bertz CT molecular complexity index is 343. The normalized spacial score (nSPS) is 21.2. The van der Waals surface area contributed by atoms with Crippen LogP contribution in [0.25, 0.3) is 0 Å². The van der Waals surface area contributed by atoms with E-state index in [4.69, 9.17) is 5.73 Å². The van der Waals surface area contributed by atoms with Crippen molar-refractivity contribution in [2.75, 3.05) is 6.54 Å². The number of hydrogen-bond donors (Lipinski definition) is 1. The average Bonchev–Trinajstić information content (AvgIpc) is 2.53. The van der Waals surface area contributed by atoms with Crippen molar-refractivity contribution in [3.05, 3.63) is 35.9 Å². The summed E-state index contributed by atoms with van der Waals surface area (Å²) < 4.78 is 0. The van der Waals surface area contributed by atoms with Crippen molar-refractivity contribution in [2.24, 2.45) is 16.6 Å². The van der Waals surface area contributed by atoms with Gasteiger partial charge in [-0.25, -0.2) is 0 Å². The van der Waals surface area contributed by atoms with E-state index < -0.39 is 0 Å². The predicted octanol–water partition coefficient (Wildman–Crippen LogP) is 2.78. The summed E-state index contributed by atoms with van der Waals surface area (Å²) >= 11 is 0. The molecule has 0 bridgehead atoms. The fraction of sp³-hybridized carbons (Fsp3) is 0.500. The molecule has 0 saturated heterocycles. The number of amidine groups is 1. The van der Waals surface area contributed by atoms with Crippen molar-refractivity contribution in [1.82, 2.24) is 0 Å². The fourth-order valence-corrected chi connectivity index (χ4v) is 2.27. The Morgan fingerprint density at radius 2 is 2.00 bits per heavy atom. The number of aryl methyl sites for hydroxylation is 1. The highest BCUT2D eigenvalue weighted by Gasteiger charge is 2.15. The largest absolute Gasteiger partial charge is 0.387 e. The van der Waals surface area contributed by atoms with E-state index in [1.165, 1.54) is 24.8 Å². The van der Waals surface area contributed by atoms with Crippen molar-refractivity contribution in [1.29, 1.82) is 0 Å². The van der Waals surface area contributed by atoms with Gasteiger partial charge in [-0.2, -0.15) is 0 Å². The molecule has 1 aromatic carbocycles. The van der Waals surface area contributed by atoms with Gasteiger partial charge in [-0.15, -0.1) is 0 Å². The molecule has 86 valence electrons. The molecule has 1 atom stereocenters. The molecule has 0 aromatic heterocycles. The molecule has 1 aliphatic rings. The smallest absolute Gasteiger partial charge is 0.0968 e. The van der Waals surface area contributed by atoms with Crippen LogP contribution in [0.1, 0.15) is 31.2 Å². The summed E-state index contributed by atoms with van der Waals surface area (Å²) in [5.74, 6) is 1.39. The summed E-state index contributed by atoms with van der Waals surface area (Å²) in [4.78, 5) is 4.41. The van der Waals surface area contributed by atoms with E-state index in [0.717, 1.165) is 25.2 Å². The third-order valence-electron chi connectivity index (χ3n) is 3.30. The Morgan fingerprint density at radius 1 is 1.19 bits per heavy atom. The SMILES string of the molecule is NC1=NCCCCC1CCc1ccccc1. The van der Waals surface area contributed by atoms with Gasteiger partial charge in [-0.3, -0.25) is 4.99 Å². The number of nitrogens with two attached hydrogens (primary N) is 1. The highest BCUT2D eigenvalue weighted by molar-refractivity contribution is 5.83. The molecule has 2 rings (SSSR count). The second-order valence-electron chi connectivity index (χ2n) is 4.52. The quantitative estimate of drug-likeness (QED) is 0.829. The number of benzene rings is 1. The van der Waals surface area contributed by atoms with Crippen molar-refractivity contribution in [2.45, 2.75) is 32.1 Å². The minimum Gasteiger partial charge on any atom is -0.387 e. The molecule has 0 saturated carbocycles. The van der Waals surface area contributed by atoms with Gasteiger partial charge in [0.15, 0.2) is 0 Å². The maximum Gasteiger partial charge on any atom is 0.0968 e. The van der Waals surface area contributed by atoms with Gasteiger partial charge in [-0.1, -0.05) is 36.8 Å². The van der Waals surface area contributed by atoms with Crippen LogP contribution in [-0.2, 0) is 6.42 Å². The summed E-state index contributed by atoms with van der Waals surface area (Å²) in [5.41, 5.74) is 7.40. The lowest BCUT2D eigenvalue weighted by Gasteiger charge is -2.13. The van der Waals surface area contributed by atoms with Gasteiger partial charge in [0, 0.05) is 12.5 Å². The molecule has 16 heavy (non-hydrogen) atoms. The molecular weight excluding hydrogens is 196 g/mol. The lowest BCUT2D eigenvalue weighted by molar-refractivity contribution is 0.552. The Morgan fingerprint density at radius 3 is 2.81 bits per heavy atom. The highest BCUT2D eigenvalue weighted by atomic mass is 14.9. The van der Waals surface area contributed by atoms with Gasteiger partial charge in [0.25, 0.3) is 0 Å². The molecule has 0 fully saturated rings. The zero-order valence-corrected chi connectivity index (χ0v) is 9.73. The van der Waals surface area contributed by atoms with Crippen molar-refractivity contribution in [3.63, 3.8) is 0 Å². The molecule has 0 spiro atoms. The first-order chi connectivity index (χ1) is 7.86. The van der Waals surface area contributed by atoms with E-state index in [0.29, 0.717) is 5.92 Å². The standard InChI is InChI=1S/C14H20N2/c15-14-13(8-4-5-11-16-14)10-9-12-6-2-1-3-7-12/h1-3,6-7,13H,4-5,8-11H2,(H2,15,16). The van der Waals surface area contributed by atoms with Crippen LogP contribution in [-0.4, -0.2) is 12.4 Å². The first-order valence-corrected chi connectivity index (χ1v) is 6.20. The van der Waals surface area contributed by atoms with E-state index in [2.05, 4.69) is 35.3 Å². The zero-order valence-electron chi connectivity index (χ0n) is 9.73. The van der Waals surface area contributed by atoms with Gasteiger partial charge >= 0.3 is 0 Å². The molecule has 0 amide bonds. The Balaban J connectivity index is 1.89. The first-order valence-electron chi connectivity index (χ1n) is 6.20. The Hall–Kier alpha value is -1.31. The number of nitrogens with zero attached hydrogens (tertiary/aromatic N) is 1. The van der Waals surface area contributed by atoms with Gasteiger partial charge in [0.05, 0.1) is 5.84 Å². The monoisotopic (exact) mass is 216 g/mol. The van der Waals surface area contributed by atoms with Gasteiger partial charge in [0.1, 0.15) is 0 Å². The minimum absolute atomic E-state index is 0.503. The predicted molar refractivity (Wildman–Crippen MR) is 68.6 cm³/mol. The van der Waals surface area contributed by atoms with Crippen LogP contribution in [0.5, 0.6) is 0 Å². The molecule has 1 aromatic rings. The van der Waals surface area contributed by atoms with Crippen LogP contribution in [0.15, 0.2) is 35.3 Å². The zero-order chi connectivity index (χ0) is 11.2. The third kappa shape index (κ3) is 3.09. The fourth-order valence-electron chi connectivity index (χ4n) is 2.27. The second kappa shape index (κ2) is 5.69. The molecule has 2 N–H and O–H groups in total. The van der Waals surface area contributed by atoms with Gasteiger partial charge in [0.2, 0.25) is 0 Å². The Labute approximate surface area is 97.6 Å². The van der Waals surface area contributed by atoms with Crippen LogP contribution >= 0.6 is 0 Å². The molecule has 0 aliphatic carbocycles. The van der Waals surface area contributed by atoms with E-state index in [1.54, 1.807) is 0 Å². The summed E-state index contributed by atoms with van der Waals surface area (Å²) in [6.07, 6.45) is 5.93. The topological polar surface area (TPSA) is 38.4 Å². The van der Waals surface area contributed by atoms with Crippen molar-refractivity contribution in [3.8, 4) is 0 Å². The maximum atomic E-state index is 5.99. The summed E-state index contributed by atoms with van der Waals surface area (Å²) in [6.45, 7) is 0.924. The lowest BCUT2D eigenvalue weighted by Crippen LogP contribution is -2.23. The summed E-state index contributed by atoms with van der Waals surface area (Å²) in [6, 6.07) is 10.6. The minimum atomic E-state index is 0.503. The number of hydrogen-bond acceptors (Lipinski definition) is 2. The lowest BCUT2D eigenvalue weighted by atomic mass is 9.94. The van der Waals surface area contributed by atoms with Crippen LogP contribution < -0.4 is 5.73 Å². The number of aliphatic imine (C=N–C) groups is 1. The van der Waals surface area contributed by atoms with E-state index in [-0.39, 0.29) is 0 Å². The molecule has 1 aliphatic heterocycles. The van der Waals surface area contributed by atoms with Crippen LogP contribution in [0, 0.1) is 5.92 Å².